The summed E-state index contributed by atoms with van der Waals surface area (Å²) < 4.78 is 0. The van der Waals surface area contributed by atoms with Crippen LogP contribution in [0.2, 0.25) is 0 Å². The number of aryl methyl sites for hydroxylation is 1. The number of nitrogens with two attached hydrogens (primary N) is 2. The Hall–Kier alpha value is -2.61. The Morgan fingerprint density at radius 2 is 1.83 bits per heavy atom. The van der Waals surface area contributed by atoms with Gasteiger partial charge in [0.15, 0.2) is 0 Å². The smallest absolute Gasteiger partial charge is 0.222 e. The molecule has 0 bridgehead atoms. The molecule has 0 spiro atoms. The molecule has 18 heavy (non-hydrogen) atoms. The van der Waals surface area contributed by atoms with Crippen LogP contribution in [-0.2, 0) is 6.42 Å². The van der Waals surface area contributed by atoms with Crippen molar-refractivity contribution in [2.24, 2.45) is 0 Å². The summed E-state index contributed by atoms with van der Waals surface area (Å²) in [6.45, 7) is 1.98. The lowest BCUT2D eigenvalue weighted by Crippen LogP contribution is -2.06. The van der Waals surface area contributed by atoms with Gasteiger partial charge in [-0.05, 0) is 24.1 Å². The van der Waals surface area contributed by atoms with Crippen molar-refractivity contribution in [2.45, 2.75) is 13.3 Å². The van der Waals surface area contributed by atoms with Gasteiger partial charge in [-0.15, -0.1) is 0 Å². The highest BCUT2D eigenvalue weighted by Crippen LogP contribution is 2.28. The summed E-state index contributed by atoms with van der Waals surface area (Å²) >= 11 is 0. The van der Waals surface area contributed by atoms with E-state index in [4.69, 9.17) is 16.7 Å². The van der Waals surface area contributed by atoms with Gasteiger partial charge in [-0.1, -0.05) is 19.1 Å². The molecule has 0 aliphatic rings. The molecule has 0 atom stereocenters. The number of nitriles is 1. The van der Waals surface area contributed by atoms with Crippen LogP contribution in [0, 0.1) is 11.3 Å². The fourth-order valence-electron chi connectivity index (χ4n) is 1.83. The fraction of sp³-hybridized carbons (Fsp3) is 0.154. The summed E-state index contributed by atoms with van der Waals surface area (Å²) in [5.41, 5.74) is 14.6. The molecule has 0 aliphatic carbocycles. The van der Waals surface area contributed by atoms with E-state index in [2.05, 4.69) is 16.0 Å². The molecule has 0 aliphatic heterocycles. The molecule has 5 heteroatoms. The predicted molar refractivity (Wildman–Crippen MR) is 70.4 cm³/mol. The summed E-state index contributed by atoms with van der Waals surface area (Å²) in [4.78, 5) is 8.17. The molecule has 0 radical (unpaired) electrons. The lowest BCUT2D eigenvalue weighted by Gasteiger charge is -2.10. The van der Waals surface area contributed by atoms with Crippen molar-refractivity contribution in [3.8, 4) is 17.2 Å². The second kappa shape index (κ2) is 4.72. The molecular weight excluding hydrogens is 226 g/mol. The van der Waals surface area contributed by atoms with E-state index in [-0.39, 0.29) is 5.95 Å². The molecule has 0 unspecified atom stereocenters. The maximum Gasteiger partial charge on any atom is 0.222 e. The van der Waals surface area contributed by atoms with Gasteiger partial charge < -0.3 is 11.5 Å². The van der Waals surface area contributed by atoms with Gasteiger partial charge in [-0.2, -0.15) is 10.2 Å². The minimum absolute atomic E-state index is 0.182. The van der Waals surface area contributed by atoms with Crippen molar-refractivity contribution < 1.29 is 0 Å². The quantitative estimate of drug-likeness (QED) is 0.831. The molecule has 1 heterocycles. The molecule has 4 N–H and O–H groups in total. The van der Waals surface area contributed by atoms with Crippen molar-refractivity contribution in [2.75, 3.05) is 11.5 Å². The van der Waals surface area contributed by atoms with Gasteiger partial charge >= 0.3 is 0 Å². The second-order valence-corrected chi connectivity index (χ2v) is 3.83. The lowest BCUT2D eigenvalue weighted by atomic mass is 10.0. The zero-order valence-corrected chi connectivity index (χ0v) is 10.0. The molecule has 0 amide bonds. The summed E-state index contributed by atoms with van der Waals surface area (Å²) in [6, 6.07) is 9.23. The molecule has 2 rings (SSSR count). The van der Waals surface area contributed by atoms with Crippen LogP contribution in [0.1, 0.15) is 18.2 Å². The topological polar surface area (TPSA) is 102 Å². The predicted octanol–water partition coefficient (Wildman–Crippen LogP) is 1.74. The Bertz CT molecular complexity index is 611. The normalized spacial score (nSPS) is 10.0. The average Bonchev–Trinajstić information content (AvgIpc) is 2.38. The number of benzene rings is 1. The van der Waals surface area contributed by atoms with Crippen molar-refractivity contribution in [1.29, 1.82) is 5.26 Å². The van der Waals surface area contributed by atoms with E-state index in [1.165, 1.54) is 0 Å². The molecule has 5 nitrogen and oxygen atoms in total. The number of nitrogens with zero attached hydrogens (tertiary/aromatic N) is 3. The van der Waals surface area contributed by atoms with Crippen LogP contribution in [0.4, 0.5) is 11.8 Å². The zero-order valence-electron chi connectivity index (χ0n) is 10.0. The lowest BCUT2D eigenvalue weighted by molar-refractivity contribution is 1.02. The van der Waals surface area contributed by atoms with Crippen LogP contribution >= 0.6 is 0 Å². The zero-order chi connectivity index (χ0) is 13.1. The van der Waals surface area contributed by atoms with Gasteiger partial charge in [0, 0.05) is 5.56 Å². The van der Waals surface area contributed by atoms with Gasteiger partial charge in [0.2, 0.25) is 5.95 Å². The highest BCUT2D eigenvalue weighted by Gasteiger charge is 2.12. The van der Waals surface area contributed by atoms with E-state index in [9.17, 15) is 0 Å². The van der Waals surface area contributed by atoms with Crippen LogP contribution in [0.3, 0.4) is 0 Å². The average molecular weight is 239 g/mol. The van der Waals surface area contributed by atoms with Gasteiger partial charge in [-0.25, -0.2) is 4.98 Å². The van der Waals surface area contributed by atoms with Gasteiger partial charge in [0.25, 0.3) is 0 Å². The Morgan fingerprint density at radius 1 is 1.17 bits per heavy atom. The van der Waals surface area contributed by atoms with Crippen LogP contribution in [-0.4, -0.2) is 9.97 Å². The van der Waals surface area contributed by atoms with E-state index in [0.29, 0.717) is 17.8 Å². The highest BCUT2D eigenvalue weighted by atomic mass is 15.0. The van der Waals surface area contributed by atoms with Gasteiger partial charge in [0.1, 0.15) is 5.82 Å². The maximum absolute atomic E-state index is 8.77. The number of hydrogen-bond acceptors (Lipinski definition) is 5. The van der Waals surface area contributed by atoms with E-state index in [1.807, 2.05) is 19.1 Å². The number of hydrogen-bond donors (Lipinski definition) is 2. The first-order chi connectivity index (χ1) is 8.65. The molecule has 1 aromatic heterocycles. The minimum Gasteiger partial charge on any atom is -0.383 e. The first kappa shape index (κ1) is 11.9. The molecule has 1 aromatic carbocycles. The highest BCUT2D eigenvalue weighted by molar-refractivity contribution is 5.77. The Kier molecular flexibility index (Phi) is 3.11. The third-order valence-corrected chi connectivity index (χ3v) is 2.67. The van der Waals surface area contributed by atoms with E-state index in [1.54, 1.807) is 12.1 Å². The molecule has 90 valence electrons. The molecule has 0 fully saturated rings. The number of aromatic nitrogens is 2. The summed E-state index contributed by atoms with van der Waals surface area (Å²) in [6.07, 6.45) is 0.715. The third kappa shape index (κ3) is 2.09. The van der Waals surface area contributed by atoms with E-state index >= 15 is 0 Å². The van der Waals surface area contributed by atoms with Gasteiger partial charge in [-0.3, -0.25) is 0 Å². The van der Waals surface area contributed by atoms with Crippen molar-refractivity contribution in [1.82, 2.24) is 9.97 Å². The van der Waals surface area contributed by atoms with Gasteiger partial charge in [0.05, 0.1) is 17.3 Å². The third-order valence-electron chi connectivity index (χ3n) is 2.67. The van der Waals surface area contributed by atoms with Crippen molar-refractivity contribution in [3.63, 3.8) is 0 Å². The van der Waals surface area contributed by atoms with Crippen LogP contribution in [0.25, 0.3) is 11.1 Å². The first-order valence-electron chi connectivity index (χ1n) is 5.58. The Labute approximate surface area is 105 Å². The van der Waals surface area contributed by atoms with Crippen molar-refractivity contribution >= 4 is 11.8 Å². The Morgan fingerprint density at radius 3 is 2.39 bits per heavy atom. The minimum atomic E-state index is 0.182. The van der Waals surface area contributed by atoms with Crippen molar-refractivity contribution in [3.05, 3.63) is 35.5 Å². The largest absolute Gasteiger partial charge is 0.383 e. The number of rotatable bonds is 2. The maximum atomic E-state index is 8.77. The molecule has 0 saturated heterocycles. The van der Waals surface area contributed by atoms with E-state index < -0.39 is 0 Å². The van der Waals surface area contributed by atoms with Crippen LogP contribution < -0.4 is 11.5 Å². The molecular formula is C13H13N5. The molecule has 2 aromatic rings. The SMILES string of the molecule is CCc1nc(N)nc(N)c1-c1ccc(C#N)cc1. The number of anilines is 2. The summed E-state index contributed by atoms with van der Waals surface area (Å²) in [5, 5.41) is 8.77. The fourth-order valence-corrected chi connectivity index (χ4v) is 1.83. The van der Waals surface area contributed by atoms with Crippen LogP contribution in [0.5, 0.6) is 0 Å². The molecule has 0 saturated carbocycles. The standard InChI is InChI=1S/C13H13N5/c1-2-10-11(12(15)18-13(16)17-10)9-5-3-8(7-14)4-6-9/h3-6H,2H2,1H3,(H4,15,16,17,18). The number of nitrogen functional groups attached to an aromatic ring is 2. The van der Waals surface area contributed by atoms with E-state index in [0.717, 1.165) is 16.8 Å². The summed E-state index contributed by atoms with van der Waals surface area (Å²) in [5.74, 6) is 0.547. The van der Waals surface area contributed by atoms with Crippen LogP contribution in [0.15, 0.2) is 24.3 Å². The Balaban J connectivity index is 2.59. The first-order valence-corrected chi connectivity index (χ1v) is 5.58. The summed E-state index contributed by atoms with van der Waals surface area (Å²) in [7, 11) is 0. The second-order valence-electron chi connectivity index (χ2n) is 3.83. The monoisotopic (exact) mass is 239 g/mol.